The molecule has 0 atom stereocenters. The smallest absolute Gasteiger partial charge is 0.228 e. The predicted octanol–water partition coefficient (Wildman–Crippen LogP) is 3.68. The van der Waals surface area contributed by atoms with Crippen LogP contribution in [0.5, 0.6) is 5.75 Å². The molecule has 0 radical (unpaired) electrons. The van der Waals surface area contributed by atoms with E-state index in [4.69, 9.17) is 10.5 Å². The average molecular weight is 413 g/mol. The van der Waals surface area contributed by atoms with Crippen LogP contribution in [-0.2, 0) is 24.1 Å². The first kappa shape index (κ1) is 19.1. The third kappa shape index (κ3) is 3.38. The Balaban J connectivity index is 1.51. The van der Waals surface area contributed by atoms with Crippen LogP contribution in [0.1, 0.15) is 23.2 Å². The van der Waals surface area contributed by atoms with Crippen LogP contribution in [-0.4, -0.2) is 27.6 Å². The molecule has 31 heavy (non-hydrogen) atoms. The Morgan fingerprint density at radius 3 is 2.81 bits per heavy atom. The lowest BCUT2D eigenvalue weighted by Crippen LogP contribution is -2.15. The molecule has 7 heteroatoms. The fraction of sp³-hybridized carbons (Fsp3) is 0.208. The van der Waals surface area contributed by atoms with Gasteiger partial charge in [0.15, 0.2) is 5.82 Å². The molecule has 0 spiro atoms. The highest BCUT2D eigenvalue weighted by atomic mass is 16.5. The molecule has 7 nitrogen and oxygen atoms in total. The van der Waals surface area contributed by atoms with Crippen LogP contribution in [0.15, 0.2) is 54.9 Å². The van der Waals surface area contributed by atoms with Crippen molar-refractivity contribution in [2.24, 2.45) is 0 Å². The van der Waals surface area contributed by atoms with E-state index in [1.165, 1.54) is 17.6 Å². The summed E-state index contributed by atoms with van der Waals surface area (Å²) < 4.78 is 7.74. The van der Waals surface area contributed by atoms with E-state index in [2.05, 4.69) is 19.9 Å². The van der Waals surface area contributed by atoms with Gasteiger partial charge in [-0.25, -0.2) is 9.97 Å². The van der Waals surface area contributed by atoms with Crippen LogP contribution in [0.4, 0.5) is 11.5 Å². The van der Waals surface area contributed by atoms with E-state index in [9.17, 15) is 4.79 Å². The van der Waals surface area contributed by atoms with Gasteiger partial charge in [0.1, 0.15) is 17.6 Å². The molecule has 0 saturated heterocycles. The SMILES string of the molecule is COc1cc(-n2c3c(c4ncnc(N)c42)CCC3)ccc1NC(=O)Cc1ccccc1. The summed E-state index contributed by atoms with van der Waals surface area (Å²) in [6.45, 7) is 0. The number of methoxy groups -OCH3 is 1. The minimum atomic E-state index is -0.0952. The van der Waals surface area contributed by atoms with Crippen LogP contribution in [0.2, 0.25) is 0 Å². The van der Waals surface area contributed by atoms with Crippen molar-refractivity contribution < 1.29 is 9.53 Å². The number of ether oxygens (including phenoxy) is 1. The van der Waals surface area contributed by atoms with E-state index in [-0.39, 0.29) is 5.91 Å². The third-order valence-corrected chi connectivity index (χ3v) is 5.74. The summed E-state index contributed by atoms with van der Waals surface area (Å²) in [4.78, 5) is 21.2. The number of nitrogens with zero attached hydrogens (tertiary/aromatic N) is 3. The number of carbonyl (C=O) groups is 1. The number of nitrogens with one attached hydrogen (secondary N) is 1. The highest BCUT2D eigenvalue weighted by Crippen LogP contribution is 2.37. The van der Waals surface area contributed by atoms with E-state index >= 15 is 0 Å². The number of aryl methyl sites for hydroxylation is 1. The monoisotopic (exact) mass is 413 g/mol. The third-order valence-electron chi connectivity index (χ3n) is 5.74. The average Bonchev–Trinajstić information content (AvgIpc) is 3.37. The zero-order chi connectivity index (χ0) is 21.4. The number of hydrogen-bond acceptors (Lipinski definition) is 5. The number of fused-ring (bicyclic) bond motifs is 3. The van der Waals surface area contributed by atoms with Crippen molar-refractivity contribution in [3.8, 4) is 11.4 Å². The van der Waals surface area contributed by atoms with Crippen molar-refractivity contribution >= 4 is 28.4 Å². The van der Waals surface area contributed by atoms with Gasteiger partial charge in [-0.05, 0) is 42.5 Å². The lowest BCUT2D eigenvalue weighted by Gasteiger charge is -2.15. The number of carbonyl (C=O) groups excluding carboxylic acids is 1. The quantitative estimate of drug-likeness (QED) is 0.520. The summed E-state index contributed by atoms with van der Waals surface area (Å²) in [6.07, 6.45) is 4.86. The summed E-state index contributed by atoms with van der Waals surface area (Å²) in [5, 5.41) is 2.96. The number of hydrogen-bond donors (Lipinski definition) is 2. The molecule has 4 aromatic rings. The molecule has 0 fully saturated rings. The Morgan fingerprint density at radius 1 is 1.16 bits per heavy atom. The first-order chi connectivity index (χ1) is 15.2. The molecular formula is C24H23N5O2. The maximum absolute atomic E-state index is 12.5. The normalized spacial score (nSPS) is 12.7. The molecular weight excluding hydrogens is 390 g/mol. The summed E-state index contributed by atoms with van der Waals surface area (Å²) in [7, 11) is 1.60. The van der Waals surface area contributed by atoms with Gasteiger partial charge in [0.05, 0.1) is 24.7 Å². The fourth-order valence-corrected chi connectivity index (χ4v) is 4.38. The van der Waals surface area contributed by atoms with Gasteiger partial charge in [-0.2, -0.15) is 0 Å². The second kappa shape index (κ2) is 7.75. The van der Waals surface area contributed by atoms with E-state index < -0.39 is 0 Å². The maximum atomic E-state index is 12.5. The van der Waals surface area contributed by atoms with Gasteiger partial charge in [0, 0.05) is 17.4 Å². The topological polar surface area (TPSA) is 95.1 Å². The van der Waals surface area contributed by atoms with Crippen molar-refractivity contribution in [3.05, 3.63) is 71.7 Å². The van der Waals surface area contributed by atoms with Crippen molar-refractivity contribution in [2.75, 3.05) is 18.2 Å². The predicted molar refractivity (Wildman–Crippen MR) is 121 cm³/mol. The van der Waals surface area contributed by atoms with Gasteiger partial charge in [-0.3, -0.25) is 4.79 Å². The Kier molecular flexibility index (Phi) is 4.78. The largest absolute Gasteiger partial charge is 0.494 e. The minimum Gasteiger partial charge on any atom is -0.494 e. The molecule has 3 N–H and O–H groups in total. The Labute approximate surface area is 179 Å². The molecule has 0 unspecified atom stereocenters. The van der Waals surface area contributed by atoms with E-state index in [0.717, 1.165) is 41.5 Å². The highest BCUT2D eigenvalue weighted by molar-refractivity contribution is 5.94. The maximum Gasteiger partial charge on any atom is 0.228 e. The van der Waals surface area contributed by atoms with Gasteiger partial charge in [-0.15, -0.1) is 0 Å². The van der Waals surface area contributed by atoms with Gasteiger partial charge < -0.3 is 20.4 Å². The van der Waals surface area contributed by atoms with Gasteiger partial charge in [-0.1, -0.05) is 30.3 Å². The minimum absolute atomic E-state index is 0.0952. The number of benzene rings is 2. The summed E-state index contributed by atoms with van der Waals surface area (Å²) >= 11 is 0. The van der Waals surface area contributed by atoms with Crippen LogP contribution < -0.4 is 15.8 Å². The van der Waals surface area contributed by atoms with Crippen LogP contribution >= 0.6 is 0 Å². The van der Waals surface area contributed by atoms with Crippen molar-refractivity contribution in [2.45, 2.75) is 25.7 Å². The zero-order valence-electron chi connectivity index (χ0n) is 17.3. The molecule has 0 saturated carbocycles. The molecule has 1 aliphatic carbocycles. The van der Waals surface area contributed by atoms with Crippen LogP contribution in [0, 0.1) is 0 Å². The first-order valence-electron chi connectivity index (χ1n) is 10.3. The summed E-state index contributed by atoms with van der Waals surface area (Å²) in [5.41, 5.74) is 12.9. The second-order valence-electron chi connectivity index (χ2n) is 7.67. The van der Waals surface area contributed by atoms with E-state index in [1.54, 1.807) is 7.11 Å². The lowest BCUT2D eigenvalue weighted by atomic mass is 10.1. The molecule has 0 bridgehead atoms. The standard InChI is InChI=1S/C24H23N5O2/c1-31-20-13-16(10-11-18(20)28-21(30)12-15-6-3-2-4-7-15)29-19-9-5-8-17(19)22-23(29)24(25)27-14-26-22/h2-4,6-7,10-11,13-14H,5,8-9,12H2,1H3,(H,28,30)(H2,25,26,27). The molecule has 1 aliphatic rings. The molecule has 2 aromatic carbocycles. The lowest BCUT2D eigenvalue weighted by molar-refractivity contribution is -0.115. The zero-order valence-corrected chi connectivity index (χ0v) is 17.3. The summed E-state index contributed by atoms with van der Waals surface area (Å²) in [5.74, 6) is 0.948. The molecule has 1 amide bonds. The number of nitrogens with two attached hydrogens (primary N) is 1. The van der Waals surface area contributed by atoms with Gasteiger partial charge in [0.2, 0.25) is 5.91 Å². The van der Waals surface area contributed by atoms with Crippen molar-refractivity contribution in [1.82, 2.24) is 14.5 Å². The second-order valence-corrected chi connectivity index (χ2v) is 7.67. The highest BCUT2D eigenvalue weighted by Gasteiger charge is 2.25. The Hall–Kier alpha value is -3.87. The summed E-state index contributed by atoms with van der Waals surface area (Å²) in [6, 6.07) is 15.4. The molecule has 0 aliphatic heterocycles. The number of rotatable bonds is 5. The molecule has 5 rings (SSSR count). The Morgan fingerprint density at radius 2 is 2.00 bits per heavy atom. The first-order valence-corrected chi connectivity index (χ1v) is 10.3. The Bertz CT molecular complexity index is 1280. The molecule has 2 heterocycles. The van der Waals surface area contributed by atoms with Gasteiger partial charge in [0.25, 0.3) is 0 Å². The van der Waals surface area contributed by atoms with Crippen molar-refractivity contribution in [1.29, 1.82) is 0 Å². The fourth-order valence-electron chi connectivity index (χ4n) is 4.38. The number of nitrogen functional groups attached to an aromatic ring is 1. The number of anilines is 2. The molecule has 2 aromatic heterocycles. The molecule has 156 valence electrons. The van der Waals surface area contributed by atoms with Crippen LogP contribution in [0.25, 0.3) is 16.7 Å². The van der Waals surface area contributed by atoms with E-state index in [1.807, 2.05) is 48.5 Å². The van der Waals surface area contributed by atoms with E-state index in [0.29, 0.717) is 23.7 Å². The number of aromatic nitrogens is 3. The van der Waals surface area contributed by atoms with Crippen LogP contribution in [0.3, 0.4) is 0 Å². The number of amides is 1. The van der Waals surface area contributed by atoms with Crippen molar-refractivity contribution in [3.63, 3.8) is 0 Å². The van der Waals surface area contributed by atoms with Gasteiger partial charge >= 0.3 is 0 Å².